The molecular weight excluding hydrogens is 680 g/mol. The smallest absolute Gasteiger partial charge is 0.475 e. The second-order valence-corrected chi connectivity index (χ2v) is 14.3. The number of alkyl halides is 4. The van der Waals surface area contributed by atoms with Crippen LogP contribution in [0.4, 0.5) is 34.8 Å². The maximum atomic E-state index is 13.5. The van der Waals surface area contributed by atoms with Gasteiger partial charge in [-0.3, -0.25) is 9.78 Å². The fourth-order valence-electron chi connectivity index (χ4n) is 7.88. The molecule has 11 nitrogen and oxygen atoms in total. The molecule has 1 amide bonds. The number of carbonyl (C=O) groups excluding carboxylic acids is 1. The highest BCUT2D eigenvalue weighted by Gasteiger charge is 2.40. The molecule has 1 aromatic carbocycles. The van der Waals surface area contributed by atoms with Crippen molar-refractivity contribution in [1.82, 2.24) is 30.2 Å². The van der Waals surface area contributed by atoms with Crippen LogP contribution in [0.15, 0.2) is 48.8 Å². The topological polar surface area (TPSA) is 137 Å². The molecule has 15 heteroatoms. The second-order valence-electron chi connectivity index (χ2n) is 14.3. The molecule has 0 unspecified atom stereocenters. The van der Waals surface area contributed by atoms with Gasteiger partial charge in [0.15, 0.2) is 17.2 Å². The SMILES string of the molecule is CNc1cc(N2CCc3c(-c4ccc(CC5CCC6(CCNCC6)CC5)cn4)cccc32)nn2c(C(=O)N[C@@H]3C[C@@H]3F)cnc12.O=C(O)C(F)(F)F. The van der Waals surface area contributed by atoms with Gasteiger partial charge in [0.25, 0.3) is 5.91 Å². The van der Waals surface area contributed by atoms with Crippen LogP contribution in [0.5, 0.6) is 0 Å². The summed E-state index contributed by atoms with van der Waals surface area (Å²) >= 11 is 0. The van der Waals surface area contributed by atoms with Crippen molar-refractivity contribution in [1.29, 1.82) is 0 Å². The number of nitrogens with one attached hydrogen (secondary N) is 3. The van der Waals surface area contributed by atoms with Gasteiger partial charge in [-0.15, -0.1) is 5.10 Å². The standard InChI is InChI=1S/C35H41FN8O.C2HF3O2/c1-37-29-19-32(42-44-31(21-40-33(29)44)34(45)41-28-18-26(28)36)43-16-9-25-24(3-2-4-30(25)43)27-6-5-23(20-39-27)17-22-7-10-35(11-8-22)12-14-38-15-13-35;3-2(4,5)1(6)7/h2-6,19-22,26,28,37-38H,7-18H2,1H3,(H,41,45);(H,6,7)/t26-,28+;/m0./s1. The van der Waals surface area contributed by atoms with Gasteiger partial charge in [-0.1, -0.05) is 18.2 Å². The van der Waals surface area contributed by atoms with Crippen molar-refractivity contribution in [2.24, 2.45) is 11.3 Å². The van der Waals surface area contributed by atoms with Crippen LogP contribution in [0.25, 0.3) is 16.9 Å². The number of piperidine rings is 1. The monoisotopic (exact) mass is 722 g/mol. The molecular formula is C37H42F4N8O3. The van der Waals surface area contributed by atoms with E-state index in [0.29, 0.717) is 29.0 Å². The van der Waals surface area contributed by atoms with E-state index in [4.69, 9.17) is 20.0 Å². The number of carboxylic acid groups (broad SMARTS) is 1. The molecule has 2 aliphatic carbocycles. The zero-order valence-electron chi connectivity index (χ0n) is 28.8. The molecule has 3 fully saturated rings. The number of aromatic nitrogens is 4. The Hall–Kier alpha value is -4.79. The lowest BCUT2D eigenvalue weighted by atomic mass is 9.65. The first-order chi connectivity index (χ1) is 24.9. The number of hydrogen-bond donors (Lipinski definition) is 4. The molecule has 2 atom stereocenters. The van der Waals surface area contributed by atoms with Gasteiger partial charge in [-0.05, 0) is 99.0 Å². The molecule has 0 radical (unpaired) electrons. The molecule has 2 aliphatic heterocycles. The Labute approximate surface area is 298 Å². The highest BCUT2D eigenvalue weighted by molar-refractivity contribution is 5.94. The van der Waals surface area contributed by atoms with E-state index in [9.17, 15) is 22.4 Å². The maximum absolute atomic E-state index is 13.5. The van der Waals surface area contributed by atoms with Crippen molar-refractivity contribution in [2.75, 3.05) is 36.9 Å². The Bertz CT molecular complexity index is 1930. The van der Waals surface area contributed by atoms with Gasteiger partial charge in [0, 0.05) is 43.5 Å². The molecule has 2 saturated carbocycles. The largest absolute Gasteiger partial charge is 0.490 e. The highest BCUT2D eigenvalue weighted by atomic mass is 19.4. The third-order valence-electron chi connectivity index (χ3n) is 11.0. The molecule has 1 spiro atoms. The molecule has 3 aromatic heterocycles. The van der Waals surface area contributed by atoms with Gasteiger partial charge >= 0.3 is 12.1 Å². The zero-order valence-corrected chi connectivity index (χ0v) is 28.8. The summed E-state index contributed by atoms with van der Waals surface area (Å²) in [7, 11) is 1.83. The van der Waals surface area contributed by atoms with Crippen LogP contribution in [-0.4, -0.2) is 81.6 Å². The number of carboxylic acids is 1. The van der Waals surface area contributed by atoms with Crippen LogP contribution in [0, 0.1) is 11.3 Å². The number of pyridine rings is 1. The lowest BCUT2D eigenvalue weighted by Gasteiger charge is -2.43. The Kier molecular flexibility index (Phi) is 9.81. The summed E-state index contributed by atoms with van der Waals surface area (Å²) in [5, 5.41) is 21.5. The van der Waals surface area contributed by atoms with Gasteiger partial charge in [0.1, 0.15) is 6.17 Å². The number of rotatable bonds is 7. The van der Waals surface area contributed by atoms with Crippen molar-refractivity contribution in [3.63, 3.8) is 0 Å². The van der Waals surface area contributed by atoms with E-state index in [1.54, 1.807) is 4.52 Å². The Morgan fingerprint density at radius 1 is 1.06 bits per heavy atom. The van der Waals surface area contributed by atoms with Crippen LogP contribution in [0.3, 0.4) is 0 Å². The van der Waals surface area contributed by atoms with E-state index in [2.05, 4.69) is 62.4 Å². The van der Waals surface area contributed by atoms with Gasteiger partial charge in [-0.25, -0.2) is 18.7 Å². The average molecular weight is 723 g/mol. The number of benzene rings is 1. The lowest BCUT2D eigenvalue weighted by molar-refractivity contribution is -0.192. The molecule has 0 bridgehead atoms. The number of nitrogens with zero attached hydrogens (tertiary/aromatic N) is 5. The number of aliphatic carboxylic acids is 1. The number of hydrogen-bond acceptors (Lipinski definition) is 8. The van der Waals surface area contributed by atoms with E-state index in [0.717, 1.165) is 47.9 Å². The first-order valence-electron chi connectivity index (χ1n) is 17.8. The van der Waals surface area contributed by atoms with Crippen LogP contribution in [0.1, 0.15) is 66.6 Å². The summed E-state index contributed by atoms with van der Waals surface area (Å²) in [6, 6.07) is 12.4. The first kappa shape index (κ1) is 35.6. The fraction of sp³-hybridized carbons (Fsp3) is 0.486. The van der Waals surface area contributed by atoms with E-state index in [-0.39, 0.29) is 5.91 Å². The highest BCUT2D eigenvalue weighted by Crippen LogP contribution is 2.46. The van der Waals surface area contributed by atoms with Crippen molar-refractivity contribution in [3.05, 3.63) is 65.6 Å². The third-order valence-corrected chi connectivity index (χ3v) is 11.0. The Morgan fingerprint density at radius 2 is 1.79 bits per heavy atom. The predicted octanol–water partition coefficient (Wildman–Crippen LogP) is 6.10. The lowest BCUT2D eigenvalue weighted by Crippen LogP contribution is -2.39. The summed E-state index contributed by atoms with van der Waals surface area (Å²) < 4.78 is 46.8. The molecule has 5 heterocycles. The van der Waals surface area contributed by atoms with E-state index in [1.807, 2.05) is 13.1 Å². The van der Waals surface area contributed by atoms with Crippen molar-refractivity contribution in [3.8, 4) is 11.3 Å². The number of carbonyl (C=O) groups is 2. The number of amides is 1. The van der Waals surface area contributed by atoms with Crippen molar-refractivity contribution >= 4 is 34.7 Å². The number of fused-ring (bicyclic) bond motifs is 2. The average Bonchev–Trinajstić information content (AvgIpc) is 3.47. The van der Waals surface area contributed by atoms with Crippen molar-refractivity contribution < 1.29 is 32.3 Å². The summed E-state index contributed by atoms with van der Waals surface area (Å²) in [5.74, 6) is -1.65. The molecule has 8 rings (SSSR count). The normalized spacial score (nSPS) is 21.0. The number of halogens is 4. The number of anilines is 3. The predicted molar refractivity (Wildman–Crippen MR) is 188 cm³/mol. The van der Waals surface area contributed by atoms with Gasteiger partial charge < -0.3 is 26.0 Å². The minimum absolute atomic E-state index is 0.291. The Balaban J connectivity index is 0.000000548. The summed E-state index contributed by atoms with van der Waals surface area (Å²) in [5.41, 5.74) is 8.02. The zero-order chi connectivity index (χ0) is 36.6. The first-order valence-corrected chi connectivity index (χ1v) is 17.8. The van der Waals surface area contributed by atoms with Gasteiger partial charge in [0.05, 0.1) is 23.6 Å². The quantitative estimate of drug-likeness (QED) is 0.167. The van der Waals surface area contributed by atoms with E-state index in [1.165, 1.54) is 68.9 Å². The van der Waals surface area contributed by atoms with E-state index >= 15 is 0 Å². The van der Waals surface area contributed by atoms with Crippen LogP contribution < -0.4 is 20.9 Å². The summed E-state index contributed by atoms with van der Waals surface area (Å²) in [4.78, 5) is 33.4. The Morgan fingerprint density at radius 3 is 2.42 bits per heavy atom. The van der Waals surface area contributed by atoms with Crippen LogP contribution in [-0.2, 0) is 17.6 Å². The summed E-state index contributed by atoms with van der Waals surface area (Å²) in [6.45, 7) is 3.13. The molecule has 1 saturated heterocycles. The minimum atomic E-state index is -5.08. The molecule has 4 N–H and O–H groups in total. The summed E-state index contributed by atoms with van der Waals surface area (Å²) in [6.07, 6.45) is 7.99. The minimum Gasteiger partial charge on any atom is -0.475 e. The van der Waals surface area contributed by atoms with E-state index < -0.39 is 24.4 Å². The molecule has 4 aromatic rings. The van der Waals surface area contributed by atoms with Gasteiger partial charge in [0.2, 0.25) is 0 Å². The molecule has 4 aliphatic rings. The third kappa shape index (κ3) is 7.41. The fourth-order valence-corrected chi connectivity index (χ4v) is 7.88. The van der Waals surface area contributed by atoms with Gasteiger partial charge in [-0.2, -0.15) is 13.2 Å². The molecule has 52 heavy (non-hydrogen) atoms. The second kappa shape index (κ2) is 14.3. The maximum Gasteiger partial charge on any atom is 0.490 e. The van der Waals surface area contributed by atoms with Crippen LogP contribution >= 0.6 is 0 Å². The molecule has 276 valence electrons. The van der Waals surface area contributed by atoms with Crippen LogP contribution in [0.2, 0.25) is 0 Å². The van der Waals surface area contributed by atoms with Crippen molar-refractivity contribution in [2.45, 2.75) is 76.2 Å². The number of imidazole rings is 1.